The maximum atomic E-state index is 11.3. The number of nitrogens with zero attached hydrogens (tertiary/aromatic N) is 1. The third kappa shape index (κ3) is 10.7. The molecule has 1 fully saturated rings. The van der Waals surface area contributed by atoms with Gasteiger partial charge in [-0.05, 0) is 44.4 Å². The maximum Gasteiger partial charge on any atom is 0.191 e. The van der Waals surface area contributed by atoms with Gasteiger partial charge < -0.3 is 15.7 Å². The summed E-state index contributed by atoms with van der Waals surface area (Å²) in [7, 11) is -2.94. The Morgan fingerprint density at radius 3 is 2.33 bits per heavy atom. The molecule has 0 aromatic carbocycles. The molecule has 0 saturated heterocycles. The average molecular weight is 475 g/mol. The Labute approximate surface area is 164 Å². The van der Waals surface area contributed by atoms with Gasteiger partial charge in [0, 0.05) is 25.4 Å². The number of hydrogen-bond donors (Lipinski definition) is 3. The first-order chi connectivity index (χ1) is 10.6. The monoisotopic (exact) mass is 475 g/mol. The summed E-state index contributed by atoms with van der Waals surface area (Å²) in [6, 6.07) is 0.343. The number of aliphatic hydroxyl groups is 1. The zero-order chi connectivity index (χ0) is 17.5. The molecule has 1 saturated carbocycles. The molecule has 1 rings (SSSR count). The normalized spacial score (nSPS) is 22.6. The first kappa shape index (κ1) is 23.9. The molecule has 0 atom stereocenters. The van der Waals surface area contributed by atoms with Crippen molar-refractivity contribution in [2.24, 2.45) is 10.4 Å². The second-order valence-electron chi connectivity index (χ2n) is 7.39. The van der Waals surface area contributed by atoms with Crippen LogP contribution in [0.15, 0.2) is 4.99 Å². The fourth-order valence-electron chi connectivity index (χ4n) is 2.57. The molecule has 8 heteroatoms. The summed E-state index contributed by atoms with van der Waals surface area (Å²) >= 11 is 0. The van der Waals surface area contributed by atoms with Crippen molar-refractivity contribution >= 4 is 39.8 Å². The number of halogens is 1. The molecule has 0 radical (unpaired) electrons. The molecule has 0 amide bonds. The molecular weight excluding hydrogens is 441 g/mol. The second-order valence-corrected chi connectivity index (χ2v) is 9.65. The molecule has 24 heavy (non-hydrogen) atoms. The van der Waals surface area contributed by atoms with E-state index in [-0.39, 0.29) is 41.2 Å². The number of guanidine groups is 1. The van der Waals surface area contributed by atoms with Gasteiger partial charge in [0.2, 0.25) is 0 Å². The highest BCUT2D eigenvalue weighted by atomic mass is 127. The lowest BCUT2D eigenvalue weighted by molar-refractivity contribution is 0.120. The molecule has 0 bridgehead atoms. The summed E-state index contributed by atoms with van der Waals surface area (Å²) in [6.45, 7) is 7.47. The molecule has 144 valence electrons. The fraction of sp³-hybridized carbons (Fsp3) is 0.938. The maximum absolute atomic E-state index is 11.3. The standard InChI is InChI=1S/C16H33N3O3S.HI/c1-5-17-15(19-13-6-8-14(20)9-7-13)18-12-16(2,3)10-11-23(4,21)22;/h13-14,20H,5-12H2,1-4H3,(H2,17,18,19);1H. The zero-order valence-electron chi connectivity index (χ0n) is 15.3. The number of sulfone groups is 1. The van der Waals surface area contributed by atoms with E-state index < -0.39 is 9.84 Å². The summed E-state index contributed by atoms with van der Waals surface area (Å²) < 4.78 is 22.7. The summed E-state index contributed by atoms with van der Waals surface area (Å²) in [6.07, 6.45) is 5.27. The highest BCUT2D eigenvalue weighted by molar-refractivity contribution is 14.0. The minimum absolute atomic E-state index is 0. The van der Waals surface area contributed by atoms with Crippen LogP contribution in [0.4, 0.5) is 0 Å². The van der Waals surface area contributed by atoms with Crippen molar-refractivity contribution in [3.63, 3.8) is 0 Å². The van der Waals surface area contributed by atoms with E-state index in [9.17, 15) is 13.5 Å². The first-order valence-corrected chi connectivity index (χ1v) is 10.6. The molecule has 0 unspecified atom stereocenters. The Bertz CT molecular complexity index is 487. The molecule has 0 aliphatic heterocycles. The van der Waals surface area contributed by atoms with Gasteiger partial charge in [-0.15, -0.1) is 24.0 Å². The lowest BCUT2D eigenvalue weighted by Crippen LogP contribution is -2.45. The number of hydrogen-bond acceptors (Lipinski definition) is 4. The predicted octanol–water partition coefficient (Wildman–Crippen LogP) is 1.92. The third-order valence-electron chi connectivity index (χ3n) is 4.20. The van der Waals surface area contributed by atoms with Crippen LogP contribution >= 0.6 is 24.0 Å². The van der Waals surface area contributed by atoms with Gasteiger partial charge in [-0.3, -0.25) is 4.99 Å². The predicted molar refractivity (Wildman–Crippen MR) is 111 cm³/mol. The highest BCUT2D eigenvalue weighted by Gasteiger charge is 2.22. The van der Waals surface area contributed by atoms with Crippen molar-refractivity contribution in [3.05, 3.63) is 0 Å². The first-order valence-electron chi connectivity index (χ1n) is 8.52. The molecule has 0 aromatic heterocycles. The third-order valence-corrected chi connectivity index (χ3v) is 5.14. The van der Waals surface area contributed by atoms with Crippen molar-refractivity contribution in [3.8, 4) is 0 Å². The lowest BCUT2D eigenvalue weighted by atomic mass is 9.90. The Hall–Kier alpha value is -0.0900. The van der Waals surface area contributed by atoms with Gasteiger partial charge in [-0.1, -0.05) is 13.8 Å². The molecular formula is C16H34IN3O3S. The van der Waals surface area contributed by atoms with Crippen LogP contribution in [-0.2, 0) is 9.84 Å². The van der Waals surface area contributed by atoms with Crippen LogP contribution in [0.3, 0.4) is 0 Å². The Morgan fingerprint density at radius 2 is 1.83 bits per heavy atom. The summed E-state index contributed by atoms with van der Waals surface area (Å²) in [5.74, 6) is 0.973. The van der Waals surface area contributed by atoms with Crippen LogP contribution in [0.2, 0.25) is 0 Å². The second kappa shape index (κ2) is 10.8. The Morgan fingerprint density at radius 1 is 1.25 bits per heavy atom. The van der Waals surface area contributed by atoms with Crippen LogP contribution in [0.5, 0.6) is 0 Å². The Balaban J connectivity index is 0.00000529. The number of aliphatic imine (C=N–C) groups is 1. The smallest absolute Gasteiger partial charge is 0.191 e. The minimum atomic E-state index is -2.94. The van der Waals surface area contributed by atoms with Crippen LogP contribution < -0.4 is 10.6 Å². The molecule has 6 nitrogen and oxygen atoms in total. The van der Waals surface area contributed by atoms with E-state index >= 15 is 0 Å². The van der Waals surface area contributed by atoms with Crippen LogP contribution in [-0.4, -0.2) is 56.7 Å². The van der Waals surface area contributed by atoms with E-state index in [1.165, 1.54) is 6.26 Å². The van der Waals surface area contributed by atoms with Crippen molar-refractivity contribution in [2.45, 2.75) is 65.0 Å². The van der Waals surface area contributed by atoms with E-state index in [0.717, 1.165) is 38.2 Å². The Kier molecular flexibility index (Phi) is 10.8. The van der Waals surface area contributed by atoms with Gasteiger partial charge in [0.1, 0.15) is 9.84 Å². The number of aliphatic hydroxyl groups excluding tert-OH is 1. The number of nitrogens with one attached hydrogen (secondary N) is 2. The molecule has 3 N–H and O–H groups in total. The minimum Gasteiger partial charge on any atom is -0.393 e. The van der Waals surface area contributed by atoms with Crippen molar-refractivity contribution < 1.29 is 13.5 Å². The topological polar surface area (TPSA) is 90.8 Å². The van der Waals surface area contributed by atoms with Gasteiger partial charge in [0.15, 0.2) is 5.96 Å². The van der Waals surface area contributed by atoms with E-state index in [4.69, 9.17) is 0 Å². The van der Waals surface area contributed by atoms with Gasteiger partial charge >= 0.3 is 0 Å². The SMILES string of the molecule is CCNC(=NCC(C)(C)CCS(C)(=O)=O)NC1CCC(O)CC1.I. The van der Waals surface area contributed by atoms with Crippen molar-refractivity contribution in [1.82, 2.24) is 10.6 Å². The van der Waals surface area contributed by atoms with E-state index in [2.05, 4.69) is 15.6 Å². The van der Waals surface area contributed by atoms with Crippen molar-refractivity contribution in [2.75, 3.05) is 25.1 Å². The lowest BCUT2D eigenvalue weighted by Gasteiger charge is -2.28. The molecule has 0 aromatic rings. The zero-order valence-corrected chi connectivity index (χ0v) is 18.5. The fourth-order valence-corrected chi connectivity index (χ4v) is 3.49. The molecule has 0 spiro atoms. The van der Waals surface area contributed by atoms with E-state index in [1.807, 2.05) is 20.8 Å². The average Bonchev–Trinajstić information content (AvgIpc) is 2.45. The van der Waals surface area contributed by atoms with Crippen LogP contribution in [0.1, 0.15) is 52.9 Å². The summed E-state index contributed by atoms with van der Waals surface area (Å²) in [5.41, 5.74) is -0.159. The van der Waals surface area contributed by atoms with Gasteiger partial charge in [-0.25, -0.2) is 8.42 Å². The quantitative estimate of drug-likeness (QED) is 0.298. The van der Waals surface area contributed by atoms with Gasteiger partial charge in [-0.2, -0.15) is 0 Å². The molecule has 1 aliphatic rings. The largest absolute Gasteiger partial charge is 0.393 e. The molecule has 0 heterocycles. The molecule has 1 aliphatic carbocycles. The van der Waals surface area contributed by atoms with Crippen LogP contribution in [0, 0.1) is 5.41 Å². The highest BCUT2D eigenvalue weighted by Crippen LogP contribution is 2.22. The summed E-state index contributed by atoms with van der Waals surface area (Å²) in [4.78, 5) is 4.64. The van der Waals surface area contributed by atoms with Crippen LogP contribution in [0.25, 0.3) is 0 Å². The van der Waals surface area contributed by atoms with E-state index in [1.54, 1.807) is 0 Å². The van der Waals surface area contributed by atoms with E-state index in [0.29, 0.717) is 19.0 Å². The van der Waals surface area contributed by atoms with Gasteiger partial charge in [0.05, 0.1) is 11.9 Å². The summed E-state index contributed by atoms with van der Waals surface area (Å²) in [5, 5.41) is 16.3. The van der Waals surface area contributed by atoms with Crippen molar-refractivity contribution in [1.29, 1.82) is 0 Å². The number of rotatable bonds is 7. The van der Waals surface area contributed by atoms with Gasteiger partial charge in [0.25, 0.3) is 0 Å².